The number of hydrogen-bond acceptors (Lipinski definition) is 2. The minimum atomic E-state index is -3.72. The Labute approximate surface area is 232 Å². The van der Waals surface area contributed by atoms with Crippen molar-refractivity contribution in [2.24, 2.45) is 0 Å². The second-order valence-electron chi connectivity index (χ2n) is 12.5. The lowest BCUT2D eigenvalue weighted by atomic mass is 10.2. The molecule has 1 aromatic carbocycles. The molecule has 0 spiro atoms. The van der Waals surface area contributed by atoms with Gasteiger partial charge in [0.15, 0.2) is 0 Å². The standard InChI is InChI=1S/C31H53NO2SSi2/c1-24(2)36(25(3)4,26(5)6)22-14-20-32(35(33,34)31-18-16-30(13)17-19-31)21-15-23-37(27(7)8,28(9)10)29(11)12/h16-19,24-29H,20-21H2,1-13H3. The van der Waals surface area contributed by atoms with E-state index in [0.29, 0.717) is 38.1 Å². The van der Waals surface area contributed by atoms with Crippen LogP contribution in [0.5, 0.6) is 0 Å². The molecule has 0 fully saturated rings. The van der Waals surface area contributed by atoms with Gasteiger partial charge >= 0.3 is 0 Å². The SMILES string of the molecule is Cc1ccc(S(=O)(=O)N(CC#C[Si](C(C)C)(C(C)C)C(C)C)CC#C[Si](C(C)C)(C(C)C)C(C)C)cc1. The Kier molecular flexibility index (Phi) is 12.4. The van der Waals surface area contributed by atoms with E-state index in [2.05, 4.69) is 106 Å². The van der Waals surface area contributed by atoms with Crippen LogP contribution in [-0.2, 0) is 10.0 Å². The summed E-state index contributed by atoms with van der Waals surface area (Å²) in [5.41, 5.74) is 11.4. The highest BCUT2D eigenvalue weighted by atomic mass is 32.2. The van der Waals surface area contributed by atoms with Gasteiger partial charge in [-0.1, -0.05) is 113 Å². The molecule has 0 heterocycles. The van der Waals surface area contributed by atoms with Crippen molar-refractivity contribution >= 4 is 26.2 Å². The van der Waals surface area contributed by atoms with Gasteiger partial charge in [0.2, 0.25) is 10.0 Å². The average molecular weight is 560 g/mol. The monoisotopic (exact) mass is 559 g/mol. The number of sulfonamides is 1. The molecule has 37 heavy (non-hydrogen) atoms. The van der Waals surface area contributed by atoms with Crippen molar-refractivity contribution in [3.8, 4) is 22.9 Å². The molecule has 0 aromatic heterocycles. The van der Waals surface area contributed by atoms with Gasteiger partial charge in [-0.3, -0.25) is 0 Å². The predicted molar refractivity (Wildman–Crippen MR) is 168 cm³/mol. The lowest BCUT2D eigenvalue weighted by Crippen LogP contribution is -2.44. The minimum Gasteiger partial charge on any atom is -0.207 e. The van der Waals surface area contributed by atoms with Crippen LogP contribution < -0.4 is 0 Å². The summed E-state index contributed by atoms with van der Waals surface area (Å²) in [4.78, 5) is 0.307. The van der Waals surface area contributed by atoms with E-state index in [9.17, 15) is 8.42 Å². The lowest BCUT2D eigenvalue weighted by molar-refractivity contribution is 0.482. The summed E-state index contributed by atoms with van der Waals surface area (Å²) in [5.74, 6) is 6.75. The molecular formula is C31H53NO2SSi2. The highest BCUT2D eigenvalue weighted by Gasteiger charge is 2.42. The molecule has 0 aliphatic heterocycles. The Morgan fingerprint density at radius 1 is 0.622 bits per heavy atom. The summed E-state index contributed by atoms with van der Waals surface area (Å²) in [6, 6.07) is 7.10. The van der Waals surface area contributed by atoms with Crippen LogP contribution in [0.3, 0.4) is 0 Å². The van der Waals surface area contributed by atoms with Crippen LogP contribution in [0.2, 0.25) is 33.2 Å². The van der Waals surface area contributed by atoms with Gasteiger partial charge in [0.05, 0.1) is 18.0 Å². The number of nitrogens with zero attached hydrogens (tertiary/aromatic N) is 1. The van der Waals surface area contributed by atoms with E-state index in [1.165, 1.54) is 4.31 Å². The van der Waals surface area contributed by atoms with Gasteiger partial charge in [-0.15, -0.1) is 11.1 Å². The Bertz CT molecular complexity index is 1000. The molecule has 0 saturated heterocycles. The minimum absolute atomic E-state index is 0.172. The van der Waals surface area contributed by atoms with Gasteiger partial charge in [-0.25, -0.2) is 8.42 Å². The molecule has 0 N–H and O–H groups in total. The van der Waals surface area contributed by atoms with Crippen molar-refractivity contribution in [3.05, 3.63) is 29.8 Å². The second-order valence-corrected chi connectivity index (χ2v) is 25.6. The Balaban J connectivity index is 3.60. The molecule has 3 nitrogen and oxygen atoms in total. The molecular weight excluding hydrogens is 507 g/mol. The normalized spacial score (nSPS) is 13.1. The molecule has 0 aliphatic rings. The fourth-order valence-electron chi connectivity index (χ4n) is 6.51. The third-order valence-corrected chi connectivity index (χ3v) is 23.0. The maximum Gasteiger partial charge on any atom is 0.244 e. The maximum absolute atomic E-state index is 13.8. The first-order valence-corrected chi connectivity index (χ1v) is 19.9. The highest BCUT2D eigenvalue weighted by molar-refractivity contribution is 7.89. The average Bonchev–Trinajstić information content (AvgIpc) is 2.76. The zero-order valence-electron chi connectivity index (χ0n) is 25.9. The highest BCUT2D eigenvalue weighted by Crippen LogP contribution is 2.41. The quantitative estimate of drug-likeness (QED) is 0.213. The van der Waals surface area contributed by atoms with E-state index in [1.54, 1.807) is 12.1 Å². The third-order valence-electron chi connectivity index (χ3n) is 8.51. The molecule has 6 heteroatoms. The molecule has 1 rings (SSSR count). The summed E-state index contributed by atoms with van der Waals surface area (Å²) in [7, 11) is -7.63. The Hall–Kier alpha value is -1.32. The number of benzene rings is 1. The van der Waals surface area contributed by atoms with Crippen molar-refractivity contribution in [3.63, 3.8) is 0 Å². The molecule has 0 unspecified atom stereocenters. The zero-order valence-corrected chi connectivity index (χ0v) is 28.7. The number of hydrogen-bond donors (Lipinski definition) is 0. The Morgan fingerprint density at radius 3 is 1.19 bits per heavy atom. The molecule has 0 aliphatic carbocycles. The molecule has 0 radical (unpaired) electrons. The molecule has 0 atom stereocenters. The van der Waals surface area contributed by atoms with Crippen LogP contribution in [0.15, 0.2) is 29.2 Å². The van der Waals surface area contributed by atoms with Crippen molar-refractivity contribution in [1.82, 2.24) is 4.31 Å². The van der Waals surface area contributed by atoms with E-state index in [-0.39, 0.29) is 13.1 Å². The first-order valence-electron chi connectivity index (χ1n) is 14.0. The first kappa shape index (κ1) is 33.7. The molecule has 208 valence electrons. The van der Waals surface area contributed by atoms with Gasteiger partial charge < -0.3 is 0 Å². The summed E-state index contributed by atoms with van der Waals surface area (Å²) in [5, 5.41) is 0. The topological polar surface area (TPSA) is 37.4 Å². The summed E-state index contributed by atoms with van der Waals surface area (Å²) < 4.78 is 29.0. The first-order chi connectivity index (χ1) is 17.0. The van der Waals surface area contributed by atoms with Crippen molar-refractivity contribution in [2.45, 2.75) is 128 Å². The van der Waals surface area contributed by atoms with Crippen LogP contribution in [0.25, 0.3) is 0 Å². The largest absolute Gasteiger partial charge is 0.244 e. The van der Waals surface area contributed by atoms with Crippen LogP contribution in [0.1, 0.15) is 88.6 Å². The smallest absolute Gasteiger partial charge is 0.207 e. The summed E-state index contributed by atoms with van der Waals surface area (Å²) >= 11 is 0. The van der Waals surface area contributed by atoms with Gasteiger partial charge in [0.25, 0.3) is 0 Å². The molecule has 0 amide bonds. The number of aryl methyl sites for hydroxylation is 1. The van der Waals surface area contributed by atoms with Crippen molar-refractivity contribution < 1.29 is 8.42 Å². The predicted octanol–water partition coefficient (Wildman–Crippen LogP) is 8.43. The maximum atomic E-state index is 13.8. The molecule has 0 bridgehead atoms. The van der Waals surface area contributed by atoms with E-state index in [1.807, 2.05) is 19.1 Å². The van der Waals surface area contributed by atoms with Crippen LogP contribution in [0.4, 0.5) is 0 Å². The van der Waals surface area contributed by atoms with E-state index >= 15 is 0 Å². The fraction of sp³-hybridized carbons (Fsp3) is 0.677. The van der Waals surface area contributed by atoms with Crippen molar-refractivity contribution in [2.75, 3.05) is 13.1 Å². The van der Waals surface area contributed by atoms with E-state index < -0.39 is 26.2 Å². The lowest BCUT2D eigenvalue weighted by Gasteiger charge is -2.38. The summed E-state index contributed by atoms with van der Waals surface area (Å²) in [6.45, 7) is 29.7. The Morgan fingerprint density at radius 2 is 0.919 bits per heavy atom. The van der Waals surface area contributed by atoms with Crippen LogP contribution in [0, 0.1) is 29.9 Å². The second kappa shape index (κ2) is 13.7. The summed E-state index contributed by atoms with van der Waals surface area (Å²) in [6.07, 6.45) is 0. The van der Waals surface area contributed by atoms with Gasteiger partial charge in [0, 0.05) is 0 Å². The van der Waals surface area contributed by atoms with E-state index in [4.69, 9.17) is 0 Å². The molecule has 1 aromatic rings. The third kappa shape index (κ3) is 7.42. The fourth-order valence-corrected chi connectivity index (χ4v) is 18.3. The van der Waals surface area contributed by atoms with E-state index in [0.717, 1.165) is 5.56 Å². The molecule has 0 saturated carbocycles. The van der Waals surface area contributed by atoms with Gasteiger partial charge in [-0.05, 0) is 52.3 Å². The van der Waals surface area contributed by atoms with Gasteiger partial charge in [0.1, 0.15) is 16.1 Å². The number of rotatable bonds is 10. The zero-order chi connectivity index (χ0) is 28.8. The van der Waals surface area contributed by atoms with Crippen molar-refractivity contribution in [1.29, 1.82) is 0 Å². The van der Waals surface area contributed by atoms with Crippen LogP contribution in [-0.4, -0.2) is 42.0 Å². The van der Waals surface area contributed by atoms with Crippen LogP contribution >= 0.6 is 0 Å². The van der Waals surface area contributed by atoms with Gasteiger partial charge in [-0.2, -0.15) is 4.31 Å².